The molecule has 0 atom stereocenters. The zero-order valence-electron chi connectivity index (χ0n) is 17.9. The van der Waals surface area contributed by atoms with Gasteiger partial charge in [-0.05, 0) is 37.0 Å². The zero-order valence-corrected chi connectivity index (χ0v) is 17.9. The first kappa shape index (κ1) is 20.1. The van der Waals surface area contributed by atoms with Crippen LogP contribution >= 0.6 is 0 Å². The Morgan fingerprint density at radius 3 is 2.50 bits per heavy atom. The molecule has 6 nitrogen and oxygen atoms in total. The minimum atomic E-state index is -0.319. The quantitative estimate of drug-likeness (QED) is 0.410. The summed E-state index contributed by atoms with van der Waals surface area (Å²) in [6, 6.07) is 16.0. The van der Waals surface area contributed by atoms with Gasteiger partial charge in [-0.1, -0.05) is 42.8 Å². The molecule has 1 N–H and O–H groups in total. The molecule has 0 radical (unpaired) electrons. The third kappa shape index (κ3) is 3.91. The SMILES string of the molecule is Cc1cc(OCC2(C=O)CCC2)ncc1-c1ccc(-c2ncc(-c3ccccc3)[nH]2)nc1. The molecule has 0 aliphatic heterocycles. The van der Waals surface area contributed by atoms with Crippen LogP contribution in [0.5, 0.6) is 5.88 Å². The van der Waals surface area contributed by atoms with Crippen molar-refractivity contribution in [3.63, 3.8) is 0 Å². The topological polar surface area (TPSA) is 80.8 Å². The maximum atomic E-state index is 11.3. The second kappa shape index (κ2) is 8.38. The van der Waals surface area contributed by atoms with Crippen molar-refractivity contribution in [2.24, 2.45) is 5.41 Å². The molecule has 6 heteroatoms. The Morgan fingerprint density at radius 2 is 1.84 bits per heavy atom. The number of rotatable bonds is 7. The lowest BCUT2D eigenvalue weighted by molar-refractivity contribution is -0.122. The van der Waals surface area contributed by atoms with Gasteiger partial charge in [0.15, 0.2) is 5.82 Å². The Bertz CT molecular complexity index is 1230. The average molecular weight is 425 g/mol. The van der Waals surface area contributed by atoms with Crippen LogP contribution in [0.2, 0.25) is 0 Å². The number of aldehydes is 1. The standard InChI is InChI=1S/C26H24N4O2/c1-18-12-24(32-17-26(16-31)10-5-11-26)28-14-21(18)20-8-9-22(27-13-20)25-29-15-23(30-25)19-6-3-2-4-7-19/h2-4,6-9,12-16H,5,10-11,17H2,1H3,(H,29,30). The Kier molecular flexibility index (Phi) is 5.27. The molecular formula is C26H24N4O2. The van der Waals surface area contributed by atoms with Crippen LogP contribution in [0.3, 0.4) is 0 Å². The summed E-state index contributed by atoms with van der Waals surface area (Å²) in [6.07, 6.45) is 9.37. The van der Waals surface area contributed by atoms with Crippen LogP contribution in [0.15, 0.2) is 67.1 Å². The lowest BCUT2D eigenvalue weighted by Gasteiger charge is -2.35. The van der Waals surface area contributed by atoms with E-state index in [-0.39, 0.29) is 5.41 Å². The fourth-order valence-electron chi connectivity index (χ4n) is 3.97. The summed E-state index contributed by atoms with van der Waals surface area (Å²) in [4.78, 5) is 28.2. The molecule has 3 heterocycles. The summed E-state index contributed by atoms with van der Waals surface area (Å²) in [5.41, 5.74) is 5.52. The molecule has 5 rings (SSSR count). The van der Waals surface area contributed by atoms with Gasteiger partial charge in [0.05, 0.1) is 17.3 Å². The highest BCUT2D eigenvalue weighted by Gasteiger charge is 2.37. The molecule has 4 aromatic rings. The van der Waals surface area contributed by atoms with Gasteiger partial charge in [0.1, 0.15) is 18.6 Å². The molecule has 1 fully saturated rings. The van der Waals surface area contributed by atoms with Crippen molar-refractivity contribution >= 4 is 6.29 Å². The maximum Gasteiger partial charge on any atom is 0.213 e. The van der Waals surface area contributed by atoms with Gasteiger partial charge in [-0.2, -0.15) is 0 Å². The number of H-pyrrole nitrogens is 1. The lowest BCUT2D eigenvalue weighted by atomic mass is 9.71. The predicted octanol–water partition coefficient (Wildman–Crippen LogP) is 5.26. The number of ether oxygens (including phenoxy) is 1. The van der Waals surface area contributed by atoms with Gasteiger partial charge >= 0.3 is 0 Å². The monoisotopic (exact) mass is 424 g/mol. The molecule has 0 amide bonds. The molecule has 160 valence electrons. The number of aromatic amines is 1. The highest BCUT2D eigenvalue weighted by Crippen LogP contribution is 2.39. The number of aryl methyl sites for hydroxylation is 1. The summed E-state index contributed by atoms with van der Waals surface area (Å²) in [7, 11) is 0. The number of pyridine rings is 2. The largest absolute Gasteiger partial charge is 0.477 e. The van der Waals surface area contributed by atoms with Gasteiger partial charge < -0.3 is 14.5 Å². The van der Waals surface area contributed by atoms with Crippen LogP contribution in [0.1, 0.15) is 24.8 Å². The second-order valence-electron chi connectivity index (χ2n) is 8.40. The van der Waals surface area contributed by atoms with Gasteiger partial charge in [-0.15, -0.1) is 0 Å². The number of carbonyl (C=O) groups is 1. The van der Waals surface area contributed by atoms with E-state index in [9.17, 15) is 4.79 Å². The molecule has 1 saturated carbocycles. The maximum absolute atomic E-state index is 11.3. The molecule has 32 heavy (non-hydrogen) atoms. The average Bonchev–Trinajstić information content (AvgIpc) is 3.30. The number of carbonyl (C=O) groups excluding carboxylic acids is 1. The van der Waals surface area contributed by atoms with Gasteiger partial charge in [-0.25, -0.2) is 9.97 Å². The third-order valence-electron chi connectivity index (χ3n) is 6.17. The number of imidazole rings is 1. The summed E-state index contributed by atoms with van der Waals surface area (Å²) < 4.78 is 5.82. The Hall–Kier alpha value is -3.80. The van der Waals surface area contributed by atoms with Crippen molar-refractivity contribution in [2.45, 2.75) is 26.2 Å². The first-order valence-corrected chi connectivity index (χ1v) is 10.8. The van der Waals surface area contributed by atoms with Crippen molar-refractivity contribution in [2.75, 3.05) is 6.61 Å². The molecular weight excluding hydrogens is 400 g/mol. The minimum Gasteiger partial charge on any atom is -0.477 e. The molecule has 3 aromatic heterocycles. The summed E-state index contributed by atoms with van der Waals surface area (Å²) >= 11 is 0. The van der Waals surface area contributed by atoms with E-state index in [1.807, 2.05) is 67.8 Å². The number of hydrogen-bond acceptors (Lipinski definition) is 5. The number of benzene rings is 1. The summed E-state index contributed by atoms with van der Waals surface area (Å²) in [6.45, 7) is 2.42. The van der Waals surface area contributed by atoms with E-state index in [1.54, 1.807) is 6.20 Å². The lowest BCUT2D eigenvalue weighted by Crippen LogP contribution is -2.37. The van der Waals surface area contributed by atoms with E-state index < -0.39 is 0 Å². The minimum absolute atomic E-state index is 0.319. The van der Waals surface area contributed by atoms with E-state index in [0.29, 0.717) is 12.5 Å². The van der Waals surface area contributed by atoms with E-state index in [0.717, 1.165) is 65.0 Å². The van der Waals surface area contributed by atoms with Crippen LogP contribution < -0.4 is 4.74 Å². The van der Waals surface area contributed by atoms with Crippen LogP contribution in [-0.2, 0) is 4.79 Å². The fourth-order valence-corrected chi connectivity index (χ4v) is 3.97. The molecule has 1 aromatic carbocycles. The van der Waals surface area contributed by atoms with Gasteiger partial charge in [0.2, 0.25) is 5.88 Å². The van der Waals surface area contributed by atoms with Gasteiger partial charge in [-0.3, -0.25) is 4.98 Å². The van der Waals surface area contributed by atoms with Crippen molar-refractivity contribution in [3.8, 4) is 39.8 Å². The van der Waals surface area contributed by atoms with E-state index in [4.69, 9.17) is 4.74 Å². The van der Waals surface area contributed by atoms with Crippen LogP contribution in [0, 0.1) is 12.3 Å². The Morgan fingerprint density at radius 1 is 1.00 bits per heavy atom. The third-order valence-corrected chi connectivity index (χ3v) is 6.17. The van der Waals surface area contributed by atoms with E-state index in [2.05, 4.69) is 19.9 Å². The first-order valence-electron chi connectivity index (χ1n) is 10.8. The molecule has 1 aliphatic carbocycles. The van der Waals surface area contributed by atoms with Crippen LogP contribution in [0.25, 0.3) is 33.9 Å². The normalized spacial score (nSPS) is 14.5. The van der Waals surface area contributed by atoms with Crippen molar-refractivity contribution in [1.82, 2.24) is 19.9 Å². The van der Waals surface area contributed by atoms with Gasteiger partial charge in [0.25, 0.3) is 0 Å². The smallest absolute Gasteiger partial charge is 0.213 e. The predicted molar refractivity (Wildman–Crippen MR) is 123 cm³/mol. The van der Waals surface area contributed by atoms with Crippen molar-refractivity contribution in [3.05, 3.63) is 72.7 Å². The Balaban J connectivity index is 1.31. The fraction of sp³-hybridized carbons (Fsp3) is 0.231. The second-order valence-corrected chi connectivity index (χ2v) is 8.40. The molecule has 0 saturated heterocycles. The highest BCUT2D eigenvalue weighted by atomic mass is 16.5. The highest BCUT2D eigenvalue weighted by molar-refractivity contribution is 5.68. The van der Waals surface area contributed by atoms with Gasteiger partial charge in [0, 0.05) is 29.6 Å². The number of hydrogen-bond donors (Lipinski definition) is 1. The molecule has 1 aliphatic rings. The zero-order chi connectivity index (χ0) is 22.0. The summed E-state index contributed by atoms with van der Waals surface area (Å²) in [5, 5.41) is 0. The molecule has 0 unspecified atom stereocenters. The Labute approximate surface area is 186 Å². The van der Waals surface area contributed by atoms with Crippen molar-refractivity contribution in [1.29, 1.82) is 0 Å². The van der Waals surface area contributed by atoms with Crippen LogP contribution in [-0.4, -0.2) is 32.8 Å². The van der Waals surface area contributed by atoms with Crippen molar-refractivity contribution < 1.29 is 9.53 Å². The van der Waals surface area contributed by atoms with E-state index in [1.165, 1.54) is 0 Å². The number of nitrogens with zero attached hydrogens (tertiary/aromatic N) is 3. The number of nitrogens with one attached hydrogen (secondary N) is 1. The van der Waals surface area contributed by atoms with Crippen LogP contribution in [0.4, 0.5) is 0 Å². The first-order chi connectivity index (χ1) is 15.7. The summed E-state index contributed by atoms with van der Waals surface area (Å²) in [5.74, 6) is 1.28. The van der Waals surface area contributed by atoms with E-state index >= 15 is 0 Å². The molecule has 0 bridgehead atoms. The number of aromatic nitrogens is 4. The molecule has 0 spiro atoms.